The first-order chi connectivity index (χ1) is 23.9. The number of carbonyl (C=O) groups excluding carboxylic acids is 1. The van der Waals surface area contributed by atoms with Crippen molar-refractivity contribution in [1.82, 2.24) is 4.90 Å². The number of carbonyl (C=O) groups is 1. The van der Waals surface area contributed by atoms with Crippen LogP contribution in [0, 0.1) is 5.92 Å². The summed E-state index contributed by atoms with van der Waals surface area (Å²) in [5.74, 6) is 1.04. The molecule has 4 aromatic rings. The standard InChI is InChI=1S/C39H43N3O7/c1-27-35(25-42-20-18-39(19-21-42)45-22-23-46-39)48-37(49-36(27)29-12-10-28(26-43)11-13-29)30-6-5-7-32(24-30)41-38(44)40-31-14-16-34(17-15-31)47-33-8-3-2-4-9-33/h2-17,24,27,35-37,43H,18-23,25-26H2,1H3,(H2,40,41,44)/t27-,35+,36+,37+/m1/s1. The number of hydrogen-bond acceptors (Lipinski definition) is 8. The number of benzene rings is 4. The summed E-state index contributed by atoms with van der Waals surface area (Å²) in [4.78, 5) is 15.4. The lowest BCUT2D eigenvalue weighted by Crippen LogP contribution is -2.50. The second-order valence-electron chi connectivity index (χ2n) is 12.9. The van der Waals surface area contributed by atoms with Crippen molar-refractivity contribution in [2.45, 2.75) is 50.7 Å². The molecule has 3 saturated heterocycles. The third kappa shape index (κ3) is 8.13. The third-order valence-electron chi connectivity index (χ3n) is 9.50. The van der Waals surface area contributed by atoms with Crippen molar-refractivity contribution < 1.29 is 33.6 Å². The number of rotatable bonds is 9. The molecule has 1 spiro atoms. The molecule has 256 valence electrons. The molecule has 0 radical (unpaired) electrons. The minimum atomic E-state index is -0.650. The number of piperidine rings is 1. The van der Waals surface area contributed by atoms with Gasteiger partial charge in [-0.1, -0.05) is 61.5 Å². The van der Waals surface area contributed by atoms with Crippen molar-refractivity contribution in [2.75, 3.05) is 43.5 Å². The molecule has 7 rings (SSSR count). The zero-order valence-corrected chi connectivity index (χ0v) is 27.6. The summed E-state index contributed by atoms with van der Waals surface area (Å²) < 4.78 is 31.1. The predicted octanol–water partition coefficient (Wildman–Crippen LogP) is 7.25. The minimum absolute atomic E-state index is 0.0129. The largest absolute Gasteiger partial charge is 0.457 e. The molecule has 10 heteroatoms. The molecule has 0 aliphatic carbocycles. The Balaban J connectivity index is 1.02. The van der Waals surface area contributed by atoms with Crippen molar-refractivity contribution in [1.29, 1.82) is 0 Å². The van der Waals surface area contributed by atoms with Crippen molar-refractivity contribution >= 4 is 17.4 Å². The number of hydrogen-bond donors (Lipinski definition) is 3. The first-order valence-electron chi connectivity index (χ1n) is 17.0. The van der Waals surface area contributed by atoms with Crippen LogP contribution in [0.5, 0.6) is 11.5 Å². The van der Waals surface area contributed by atoms with Crippen LogP contribution in [0.25, 0.3) is 0 Å². The van der Waals surface area contributed by atoms with Gasteiger partial charge in [0.1, 0.15) is 11.5 Å². The molecule has 3 aliphatic rings. The quantitative estimate of drug-likeness (QED) is 0.172. The molecule has 3 fully saturated rings. The van der Waals surface area contributed by atoms with Gasteiger partial charge in [0.05, 0.1) is 32.0 Å². The first-order valence-corrected chi connectivity index (χ1v) is 17.0. The lowest BCUT2D eigenvalue weighted by atomic mass is 9.89. The van der Waals surface area contributed by atoms with Crippen LogP contribution in [-0.4, -0.2) is 60.8 Å². The van der Waals surface area contributed by atoms with E-state index in [1.165, 1.54) is 0 Å². The van der Waals surface area contributed by atoms with Crippen LogP contribution in [0.15, 0.2) is 103 Å². The van der Waals surface area contributed by atoms with Gasteiger partial charge in [-0.3, -0.25) is 0 Å². The fourth-order valence-corrected chi connectivity index (χ4v) is 6.73. The van der Waals surface area contributed by atoms with E-state index in [1.54, 1.807) is 12.1 Å². The Morgan fingerprint density at radius 3 is 2.22 bits per heavy atom. The zero-order chi connectivity index (χ0) is 33.6. The van der Waals surface area contributed by atoms with Gasteiger partial charge < -0.3 is 44.3 Å². The van der Waals surface area contributed by atoms with Gasteiger partial charge in [0.15, 0.2) is 12.1 Å². The van der Waals surface area contributed by atoms with E-state index in [0.29, 0.717) is 30.3 Å². The van der Waals surface area contributed by atoms with Crippen LogP contribution in [0.2, 0.25) is 0 Å². The number of likely N-dealkylation sites (tertiary alicyclic amines) is 1. The van der Waals surface area contributed by atoms with Gasteiger partial charge in [0.25, 0.3) is 0 Å². The fraction of sp³-hybridized carbons (Fsp3) is 0.359. The van der Waals surface area contributed by atoms with Crippen LogP contribution in [0.4, 0.5) is 16.2 Å². The zero-order valence-electron chi connectivity index (χ0n) is 27.6. The van der Waals surface area contributed by atoms with Crippen LogP contribution < -0.4 is 15.4 Å². The van der Waals surface area contributed by atoms with Gasteiger partial charge in [-0.05, 0) is 59.7 Å². The van der Waals surface area contributed by atoms with Crippen LogP contribution in [0.3, 0.4) is 0 Å². The highest BCUT2D eigenvalue weighted by molar-refractivity contribution is 5.99. The van der Waals surface area contributed by atoms with Gasteiger partial charge in [0, 0.05) is 55.3 Å². The summed E-state index contributed by atoms with van der Waals surface area (Å²) in [5.41, 5.74) is 3.93. The molecular weight excluding hydrogens is 622 g/mol. The summed E-state index contributed by atoms with van der Waals surface area (Å²) in [7, 11) is 0. The monoisotopic (exact) mass is 665 g/mol. The highest BCUT2D eigenvalue weighted by atomic mass is 16.7. The Morgan fingerprint density at radius 1 is 0.816 bits per heavy atom. The Morgan fingerprint density at radius 2 is 1.51 bits per heavy atom. The lowest BCUT2D eigenvalue weighted by molar-refractivity contribution is -0.278. The molecule has 2 amide bonds. The van der Waals surface area contributed by atoms with E-state index in [-0.39, 0.29) is 30.8 Å². The molecule has 49 heavy (non-hydrogen) atoms. The highest BCUT2D eigenvalue weighted by Crippen LogP contribution is 2.43. The molecule has 3 N–H and O–H groups in total. The van der Waals surface area contributed by atoms with Crippen molar-refractivity contribution in [3.05, 3.63) is 120 Å². The normalized spacial score (nSPS) is 23.6. The smallest absolute Gasteiger partial charge is 0.323 e. The summed E-state index contributed by atoms with van der Waals surface area (Å²) >= 11 is 0. The molecule has 0 aromatic heterocycles. The summed E-state index contributed by atoms with van der Waals surface area (Å²) in [6, 6.07) is 31.9. The van der Waals surface area contributed by atoms with Crippen LogP contribution in [0.1, 0.15) is 48.8 Å². The number of anilines is 2. The van der Waals surface area contributed by atoms with E-state index in [9.17, 15) is 9.90 Å². The fourth-order valence-electron chi connectivity index (χ4n) is 6.73. The van der Waals surface area contributed by atoms with E-state index < -0.39 is 12.1 Å². The average molecular weight is 666 g/mol. The molecule has 0 bridgehead atoms. The minimum Gasteiger partial charge on any atom is -0.457 e. The average Bonchev–Trinajstić information content (AvgIpc) is 3.59. The van der Waals surface area contributed by atoms with Crippen molar-refractivity contribution in [3.63, 3.8) is 0 Å². The van der Waals surface area contributed by atoms with E-state index >= 15 is 0 Å². The van der Waals surface area contributed by atoms with Gasteiger partial charge in [0.2, 0.25) is 0 Å². The maximum Gasteiger partial charge on any atom is 0.323 e. The predicted molar refractivity (Wildman–Crippen MR) is 185 cm³/mol. The number of nitrogens with one attached hydrogen (secondary N) is 2. The highest BCUT2D eigenvalue weighted by Gasteiger charge is 2.43. The molecule has 0 saturated carbocycles. The molecular formula is C39H43N3O7. The number of aliphatic hydroxyl groups excluding tert-OH is 1. The van der Waals surface area contributed by atoms with Gasteiger partial charge in [-0.25, -0.2) is 4.79 Å². The van der Waals surface area contributed by atoms with Gasteiger partial charge >= 0.3 is 6.03 Å². The van der Waals surface area contributed by atoms with E-state index in [2.05, 4.69) is 22.5 Å². The second kappa shape index (κ2) is 15.1. The van der Waals surface area contributed by atoms with E-state index in [4.69, 9.17) is 23.7 Å². The van der Waals surface area contributed by atoms with E-state index in [0.717, 1.165) is 54.9 Å². The van der Waals surface area contributed by atoms with Gasteiger partial charge in [-0.15, -0.1) is 0 Å². The Labute approximate surface area is 286 Å². The summed E-state index contributed by atoms with van der Waals surface area (Å²) in [6.45, 7) is 5.95. The molecule has 4 atom stereocenters. The summed E-state index contributed by atoms with van der Waals surface area (Å²) in [6.07, 6.45) is 0.670. The second-order valence-corrected chi connectivity index (χ2v) is 12.9. The molecule has 3 heterocycles. The Kier molecular flexibility index (Phi) is 10.2. The van der Waals surface area contributed by atoms with Crippen molar-refractivity contribution in [2.24, 2.45) is 5.92 Å². The SMILES string of the molecule is C[C@@H]1[C@H](CN2CCC3(CC2)OCCO3)O[C@H](c2cccc(NC(=O)Nc3ccc(Oc4ccccc4)cc3)c2)O[C@@H]1c1ccc(CO)cc1. The van der Waals surface area contributed by atoms with Crippen LogP contribution >= 0.6 is 0 Å². The number of nitrogens with zero attached hydrogens (tertiary/aromatic N) is 1. The number of aliphatic hydroxyl groups is 1. The number of urea groups is 1. The first kappa shape index (κ1) is 33.2. The van der Waals surface area contributed by atoms with Gasteiger partial charge in [-0.2, -0.15) is 0 Å². The molecule has 3 aliphatic heterocycles. The van der Waals surface area contributed by atoms with Crippen LogP contribution in [-0.2, 0) is 25.6 Å². The molecule has 4 aromatic carbocycles. The topological polar surface area (TPSA) is 111 Å². The Hall–Kier alpha value is -4.29. The molecule has 10 nitrogen and oxygen atoms in total. The lowest BCUT2D eigenvalue weighted by Gasteiger charge is -2.44. The Bertz CT molecular complexity index is 1670. The molecule has 0 unspecified atom stereocenters. The summed E-state index contributed by atoms with van der Waals surface area (Å²) in [5, 5.41) is 15.4. The van der Waals surface area contributed by atoms with Crippen molar-refractivity contribution in [3.8, 4) is 11.5 Å². The number of amides is 2. The maximum atomic E-state index is 13.0. The third-order valence-corrected chi connectivity index (χ3v) is 9.50. The number of ether oxygens (including phenoxy) is 5. The maximum absolute atomic E-state index is 13.0. The number of para-hydroxylation sites is 1. The van der Waals surface area contributed by atoms with E-state index in [1.807, 2.05) is 91.0 Å².